The average molecular weight is 271 g/mol. The highest BCUT2D eigenvalue weighted by Crippen LogP contribution is 2.25. The molecular weight excluding hydrogens is 250 g/mol. The van der Waals surface area contributed by atoms with Crippen molar-refractivity contribution in [2.75, 3.05) is 13.7 Å². The Morgan fingerprint density at radius 2 is 2.00 bits per heavy atom. The van der Waals surface area contributed by atoms with Crippen molar-refractivity contribution in [3.05, 3.63) is 23.8 Å². The van der Waals surface area contributed by atoms with Crippen LogP contribution in [0.3, 0.4) is 0 Å². The summed E-state index contributed by atoms with van der Waals surface area (Å²) in [5, 5.41) is 0. The molecule has 5 heteroatoms. The second-order valence-electron chi connectivity index (χ2n) is 4.58. The van der Waals surface area contributed by atoms with E-state index in [1.807, 2.05) is 26.8 Å². The largest absolute Gasteiger partial charge is 0.495 e. The van der Waals surface area contributed by atoms with Crippen molar-refractivity contribution in [1.29, 1.82) is 0 Å². The number of hydrogen-bond donors (Lipinski definition) is 1. The number of hydrogen-bond acceptors (Lipinski definition) is 3. The summed E-state index contributed by atoms with van der Waals surface area (Å²) in [6.45, 7) is 6.33. The number of nitrogens with one attached hydrogen (secondary N) is 1. The van der Waals surface area contributed by atoms with Crippen molar-refractivity contribution in [2.24, 2.45) is 5.92 Å². The van der Waals surface area contributed by atoms with Crippen LogP contribution in [-0.2, 0) is 16.4 Å². The molecule has 1 aromatic rings. The van der Waals surface area contributed by atoms with E-state index in [1.54, 1.807) is 12.1 Å². The second kappa shape index (κ2) is 6.20. The molecule has 0 aliphatic carbocycles. The Kier molecular flexibility index (Phi) is 5.16. The van der Waals surface area contributed by atoms with Crippen molar-refractivity contribution in [2.45, 2.75) is 32.1 Å². The Bertz CT molecular complexity index is 495. The highest BCUT2D eigenvalue weighted by molar-refractivity contribution is 7.89. The second-order valence-corrected chi connectivity index (χ2v) is 6.32. The summed E-state index contributed by atoms with van der Waals surface area (Å²) in [6.07, 6.45) is 0.788. The highest BCUT2D eigenvalue weighted by atomic mass is 32.2. The monoisotopic (exact) mass is 271 g/mol. The van der Waals surface area contributed by atoms with Crippen molar-refractivity contribution in [3.63, 3.8) is 0 Å². The fourth-order valence-corrected chi connectivity index (χ4v) is 2.94. The lowest BCUT2D eigenvalue weighted by Crippen LogP contribution is -2.28. The fourth-order valence-electron chi connectivity index (χ4n) is 1.51. The van der Waals surface area contributed by atoms with E-state index in [1.165, 1.54) is 7.11 Å². The summed E-state index contributed by atoms with van der Waals surface area (Å²) in [4.78, 5) is 0.213. The first-order valence-corrected chi connectivity index (χ1v) is 7.55. The van der Waals surface area contributed by atoms with Crippen molar-refractivity contribution in [3.8, 4) is 5.75 Å². The smallest absolute Gasteiger partial charge is 0.244 e. The number of sulfonamides is 1. The number of rotatable bonds is 6. The van der Waals surface area contributed by atoms with Gasteiger partial charge in [-0.25, -0.2) is 13.1 Å². The zero-order valence-corrected chi connectivity index (χ0v) is 12.2. The third-order valence-corrected chi connectivity index (χ3v) is 4.05. The third-order valence-electron chi connectivity index (χ3n) is 2.61. The van der Waals surface area contributed by atoms with Crippen LogP contribution in [0.4, 0.5) is 0 Å². The molecule has 0 unspecified atom stereocenters. The van der Waals surface area contributed by atoms with Gasteiger partial charge in [0.05, 0.1) is 7.11 Å². The predicted octanol–water partition coefficient (Wildman–Crippen LogP) is 2.19. The van der Waals surface area contributed by atoms with Gasteiger partial charge in [-0.2, -0.15) is 0 Å². The lowest BCUT2D eigenvalue weighted by molar-refractivity contribution is 0.402. The Labute approximate surface area is 109 Å². The van der Waals surface area contributed by atoms with E-state index in [9.17, 15) is 8.42 Å². The van der Waals surface area contributed by atoms with Gasteiger partial charge in [-0.15, -0.1) is 0 Å². The lowest BCUT2D eigenvalue weighted by Gasteiger charge is -2.13. The molecule has 0 aromatic heterocycles. The van der Waals surface area contributed by atoms with Crippen LogP contribution in [0.5, 0.6) is 5.75 Å². The van der Waals surface area contributed by atoms with Gasteiger partial charge >= 0.3 is 0 Å². The molecule has 4 nitrogen and oxygen atoms in total. The van der Waals surface area contributed by atoms with E-state index in [-0.39, 0.29) is 10.8 Å². The highest BCUT2D eigenvalue weighted by Gasteiger charge is 2.19. The maximum atomic E-state index is 12.2. The van der Waals surface area contributed by atoms with Crippen LogP contribution in [-0.4, -0.2) is 22.1 Å². The molecular formula is C13H21NO3S. The molecule has 0 heterocycles. The van der Waals surface area contributed by atoms with Gasteiger partial charge in [-0.1, -0.05) is 26.8 Å². The Morgan fingerprint density at radius 1 is 1.33 bits per heavy atom. The van der Waals surface area contributed by atoms with E-state index in [0.717, 1.165) is 12.0 Å². The van der Waals surface area contributed by atoms with Gasteiger partial charge in [0.2, 0.25) is 10.0 Å². The first-order chi connectivity index (χ1) is 8.40. The summed E-state index contributed by atoms with van der Waals surface area (Å²) in [6, 6.07) is 5.24. The fraction of sp³-hybridized carbons (Fsp3) is 0.538. The zero-order valence-electron chi connectivity index (χ0n) is 11.4. The third kappa shape index (κ3) is 3.71. The molecule has 0 spiro atoms. The topological polar surface area (TPSA) is 55.4 Å². The SMILES string of the molecule is CCc1ccc(OC)c(S(=O)(=O)NCC(C)C)c1. The Balaban J connectivity index is 3.12. The Hall–Kier alpha value is -1.07. The molecule has 0 atom stereocenters. The van der Waals surface area contributed by atoms with Crippen LogP contribution in [0.1, 0.15) is 26.3 Å². The molecule has 0 saturated carbocycles. The van der Waals surface area contributed by atoms with E-state index >= 15 is 0 Å². The first-order valence-electron chi connectivity index (χ1n) is 6.07. The molecule has 0 fully saturated rings. The van der Waals surface area contributed by atoms with Gasteiger partial charge in [0.25, 0.3) is 0 Å². The molecule has 1 aromatic carbocycles. The summed E-state index contributed by atoms with van der Waals surface area (Å²) in [5.41, 5.74) is 0.973. The van der Waals surface area contributed by atoms with Crippen LogP contribution in [0.2, 0.25) is 0 Å². The summed E-state index contributed by atoms with van der Waals surface area (Å²) >= 11 is 0. The van der Waals surface area contributed by atoms with Crippen molar-refractivity contribution < 1.29 is 13.2 Å². The van der Waals surface area contributed by atoms with Crippen LogP contribution >= 0.6 is 0 Å². The normalized spacial score (nSPS) is 11.8. The minimum absolute atomic E-state index is 0.213. The zero-order chi connectivity index (χ0) is 13.8. The van der Waals surface area contributed by atoms with Crippen molar-refractivity contribution in [1.82, 2.24) is 4.72 Å². The van der Waals surface area contributed by atoms with Gasteiger partial charge in [0.1, 0.15) is 10.6 Å². The summed E-state index contributed by atoms with van der Waals surface area (Å²) in [5.74, 6) is 0.642. The quantitative estimate of drug-likeness (QED) is 0.863. The minimum atomic E-state index is -3.51. The predicted molar refractivity (Wildman–Crippen MR) is 72.4 cm³/mol. The van der Waals surface area contributed by atoms with Crippen LogP contribution in [0, 0.1) is 5.92 Å². The van der Waals surface area contributed by atoms with E-state index in [2.05, 4.69) is 4.72 Å². The van der Waals surface area contributed by atoms with E-state index in [0.29, 0.717) is 12.3 Å². The van der Waals surface area contributed by atoms with Gasteiger partial charge in [0, 0.05) is 6.54 Å². The van der Waals surface area contributed by atoms with Gasteiger partial charge < -0.3 is 4.74 Å². The maximum absolute atomic E-state index is 12.2. The van der Waals surface area contributed by atoms with Crippen LogP contribution in [0.15, 0.2) is 23.1 Å². The van der Waals surface area contributed by atoms with Crippen LogP contribution < -0.4 is 9.46 Å². The van der Waals surface area contributed by atoms with Gasteiger partial charge in [0.15, 0.2) is 0 Å². The lowest BCUT2D eigenvalue weighted by atomic mass is 10.2. The molecule has 0 radical (unpaired) electrons. The summed E-state index contributed by atoms with van der Waals surface area (Å²) in [7, 11) is -2.03. The van der Waals surface area contributed by atoms with Crippen molar-refractivity contribution >= 4 is 10.0 Å². The molecule has 0 aliphatic rings. The molecule has 1 rings (SSSR count). The standard InChI is InChI=1S/C13H21NO3S/c1-5-11-6-7-12(17-4)13(8-11)18(15,16)14-9-10(2)3/h6-8,10,14H,5,9H2,1-4H3. The van der Waals surface area contributed by atoms with Crippen LogP contribution in [0.25, 0.3) is 0 Å². The van der Waals surface area contributed by atoms with E-state index < -0.39 is 10.0 Å². The van der Waals surface area contributed by atoms with E-state index in [4.69, 9.17) is 4.74 Å². The molecule has 0 saturated heterocycles. The molecule has 102 valence electrons. The Morgan fingerprint density at radius 3 is 2.50 bits per heavy atom. The minimum Gasteiger partial charge on any atom is -0.495 e. The molecule has 1 N–H and O–H groups in total. The molecule has 0 aliphatic heterocycles. The number of aryl methyl sites for hydroxylation is 1. The van der Waals surface area contributed by atoms with Gasteiger partial charge in [-0.3, -0.25) is 0 Å². The average Bonchev–Trinajstić information content (AvgIpc) is 2.35. The first kappa shape index (κ1) is 15.0. The number of ether oxygens (including phenoxy) is 1. The number of benzene rings is 1. The maximum Gasteiger partial charge on any atom is 0.244 e. The van der Waals surface area contributed by atoms with Gasteiger partial charge in [-0.05, 0) is 30.0 Å². The number of methoxy groups -OCH3 is 1. The molecule has 0 amide bonds. The summed E-state index contributed by atoms with van der Waals surface area (Å²) < 4.78 is 32.1. The molecule has 0 bridgehead atoms. The molecule has 18 heavy (non-hydrogen) atoms.